The summed E-state index contributed by atoms with van der Waals surface area (Å²) >= 11 is 0. The smallest absolute Gasteiger partial charge is 0.338 e. The normalized spacial score (nSPS) is 10.2. The molecule has 0 aliphatic rings. The number of carbonyl (C=O) groups is 2. The molecule has 0 unspecified atom stereocenters. The van der Waals surface area contributed by atoms with Crippen molar-refractivity contribution in [3.05, 3.63) is 57.6 Å². The molecule has 0 atom stereocenters. The number of hydrogen-bond donors (Lipinski definition) is 1. The van der Waals surface area contributed by atoms with E-state index in [1.54, 1.807) is 13.0 Å². The van der Waals surface area contributed by atoms with Crippen LogP contribution >= 0.6 is 0 Å². The van der Waals surface area contributed by atoms with Crippen LogP contribution in [0, 0.1) is 17.0 Å². The third-order valence-electron chi connectivity index (χ3n) is 3.89. The molecule has 0 aliphatic carbocycles. The maximum atomic E-state index is 12.2. The number of nitro benzene ring substituents is 1. The summed E-state index contributed by atoms with van der Waals surface area (Å²) in [6.45, 7) is 5.46. The van der Waals surface area contributed by atoms with Crippen molar-refractivity contribution in [3.63, 3.8) is 0 Å². The summed E-state index contributed by atoms with van der Waals surface area (Å²) in [5.41, 5.74) is 0.680. The molecule has 9 heteroatoms. The Balaban J connectivity index is 2.02. The van der Waals surface area contributed by atoms with Gasteiger partial charge in [0.05, 0.1) is 35.0 Å². The number of nitro groups is 1. The second-order valence-corrected chi connectivity index (χ2v) is 5.86. The second-order valence-electron chi connectivity index (χ2n) is 5.86. The SMILES string of the molecule is CCOc1ccc(C(=O)OCC(=O)Nc2cccc([N+](=O)[O-])c2C)cc1OCC. The second kappa shape index (κ2) is 10.1. The van der Waals surface area contributed by atoms with Gasteiger partial charge in [-0.25, -0.2) is 4.79 Å². The number of benzene rings is 2. The summed E-state index contributed by atoms with van der Waals surface area (Å²) < 4.78 is 15.9. The predicted molar refractivity (Wildman–Crippen MR) is 106 cm³/mol. The highest BCUT2D eigenvalue weighted by atomic mass is 16.6. The Morgan fingerprint density at radius 2 is 1.76 bits per heavy atom. The van der Waals surface area contributed by atoms with E-state index in [9.17, 15) is 19.7 Å². The van der Waals surface area contributed by atoms with Crippen molar-refractivity contribution in [2.75, 3.05) is 25.1 Å². The molecular formula is C20H22N2O7. The number of amides is 1. The standard InChI is InChI=1S/C20H22N2O7/c1-4-27-17-10-9-14(11-18(17)28-5-2)20(24)29-12-19(23)21-15-7-6-8-16(13(15)3)22(25)26/h6-11H,4-5,12H2,1-3H3,(H,21,23). The average molecular weight is 402 g/mol. The van der Waals surface area contributed by atoms with Crippen LogP contribution in [0.2, 0.25) is 0 Å². The number of rotatable bonds is 9. The van der Waals surface area contributed by atoms with Crippen LogP contribution in [-0.2, 0) is 9.53 Å². The van der Waals surface area contributed by atoms with E-state index in [0.29, 0.717) is 30.3 Å². The van der Waals surface area contributed by atoms with Crippen LogP contribution in [0.4, 0.5) is 11.4 Å². The molecule has 2 rings (SSSR count). The molecule has 0 saturated heterocycles. The topological polar surface area (TPSA) is 117 Å². The molecule has 1 amide bonds. The summed E-state index contributed by atoms with van der Waals surface area (Å²) in [6.07, 6.45) is 0. The number of ether oxygens (including phenoxy) is 3. The number of hydrogen-bond acceptors (Lipinski definition) is 7. The first kappa shape index (κ1) is 21.7. The Kier molecular flexibility index (Phi) is 7.53. The van der Waals surface area contributed by atoms with Gasteiger partial charge in [0.15, 0.2) is 18.1 Å². The largest absolute Gasteiger partial charge is 0.490 e. The fourth-order valence-corrected chi connectivity index (χ4v) is 2.54. The maximum Gasteiger partial charge on any atom is 0.338 e. The van der Waals surface area contributed by atoms with E-state index in [0.717, 1.165) is 0 Å². The number of nitrogens with one attached hydrogen (secondary N) is 1. The lowest BCUT2D eigenvalue weighted by Crippen LogP contribution is -2.21. The zero-order chi connectivity index (χ0) is 21.4. The van der Waals surface area contributed by atoms with Crippen LogP contribution in [0.5, 0.6) is 11.5 Å². The van der Waals surface area contributed by atoms with Crippen LogP contribution in [0.25, 0.3) is 0 Å². The van der Waals surface area contributed by atoms with E-state index >= 15 is 0 Å². The molecule has 154 valence electrons. The monoisotopic (exact) mass is 402 g/mol. The van der Waals surface area contributed by atoms with E-state index in [1.165, 1.54) is 37.3 Å². The minimum absolute atomic E-state index is 0.113. The molecule has 0 aromatic heterocycles. The lowest BCUT2D eigenvalue weighted by Gasteiger charge is -2.12. The van der Waals surface area contributed by atoms with Crippen LogP contribution in [0.1, 0.15) is 29.8 Å². The summed E-state index contributed by atoms with van der Waals surface area (Å²) in [4.78, 5) is 34.8. The number of carbonyl (C=O) groups excluding carboxylic acids is 2. The van der Waals surface area contributed by atoms with E-state index < -0.39 is 23.4 Å². The average Bonchev–Trinajstić information content (AvgIpc) is 2.69. The Hall–Kier alpha value is -3.62. The van der Waals surface area contributed by atoms with Crippen molar-refractivity contribution in [1.82, 2.24) is 0 Å². The van der Waals surface area contributed by atoms with Gasteiger partial charge in [-0.2, -0.15) is 0 Å². The Labute approximate surface area is 167 Å². The first-order valence-electron chi connectivity index (χ1n) is 8.98. The van der Waals surface area contributed by atoms with Gasteiger partial charge in [0.25, 0.3) is 11.6 Å². The maximum absolute atomic E-state index is 12.2. The van der Waals surface area contributed by atoms with Gasteiger partial charge in [0.2, 0.25) is 0 Å². The minimum atomic E-state index is -0.708. The molecule has 1 N–H and O–H groups in total. The van der Waals surface area contributed by atoms with Gasteiger partial charge in [-0.05, 0) is 45.0 Å². The molecular weight excluding hydrogens is 380 g/mol. The van der Waals surface area contributed by atoms with E-state index in [-0.39, 0.29) is 16.9 Å². The van der Waals surface area contributed by atoms with Gasteiger partial charge in [0, 0.05) is 6.07 Å². The van der Waals surface area contributed by atoms with Crippen molar-refractivity contribution < 1.29 is 28.7 Å². The molecule has 0 saturated carbocycles. The molecule has 0 spiro atoms. The molecule has 0 fully saturated rings. The summed E-state index contributed by atoms with van der Waals surface area (Å²) in [5, 5.41) is 13.5. The number of esters is 1. The first-order valence-corrected chi connectivity index (χ1v) is 8.98. The predicted octanol–water partition coefficient (Wildman–Crippen LogP) is 3.50. The fraction of sp³-hybridized carbons (Fsp3) is 0.300. The molecule has 0 heterocycles. The lowest BCUT2D eigenvalue weighted by molar-refractivity contribution is -0.385. The lowest BCUT2D eigenvalue weighted by atomic mass is 10.1. The van der Waals surface area contributed by atoms with Crippen LogP contribution in [0.3, 0.4) is 0 Å². The molecule has 9 nitrogen and oxygen atoms in total. The van der Waals surface area contributed by atoms with Gasteiger partial charge >= 0.3 is 5.97 Å². The van der Waals surface area contributed by atoms with Gasteiger partial charge in [-0.1, -0.05) is 6.07 Å². The van der Waals surface area contributed by atoms with Crippen molar-refractivity contribution in [3.8, 4) is 11.5 Å². The summed E-state index contributed by atoms with van der Waals surface area (Å²) in [5.74, 6) is -0.414. The highest BCUT2D eigenvalue weighted by Crippen LogP contribution is 2.29. The van der Waals surface area contributed by atoms with Crippen LogP contribution in [-0.4, -0.2) is 36.6 Å². The van der Waals surface area contributed by atoms with Crippen LogP contribution < -0.4 is 14.8 Å². The minimum Gasteiger partial charge on any atom is -0.490 e. The number of nitrogens with zero attached hydrogens (tertiary/aromatic N) is 1. The molecule has 2 aromatic carbocycles. The quantitative estimate of drug-likeness (QED) is 0.387. The van der Waals surface area contributed by atoms with Gasteiger partial charge in [-0.15, -0.1) is 0 Å². The fourth-order valence-electron chi connectivity index (χ4n) is 2.54. The van der Waals surface area contributed by atoms with E-state index in [4.69, 9.17) is 14.2 Å². The highest BCUT2D eigenvalue weighted by Gasteiger charge is 2.17. The summed E-state index contributed by atoms with van der Waals surface area (Å²) in [7, 11) is 0. The van der Waals surface area contributed by atoms with Crippen LogP contribution in [0.15, 0.2) is 36.4 Å². The van der Waals surface area contributed by atoms with Crippen molar-refractivity contribution in [1.29, 1.82) is 0 Å². The Morgan fingerprint density at radius 1 is 1.07 bits per heavy atom. The summed E-state index contributed by atoms with van der Waals surface area (Å²) in [6, 6.07) is 8.92. The van der Waals surface area contributed by atoms with Gasteiger partial charge < -0.3 is 19.5 Å². The third-order valence-corrected chi connectivity index (χ3v) is 3.89. The van der Waals surface area contributed by atoms with Crippen molar-refractivity contribution in [2.24, 2.45) is 0 Å². The van der Waals surface area contributed by atoms with E-state index in [1.807, 2.05) is 6.92 Å². The van der Waals surface area contributed by atoms with Crippen molar-refractivity contribution >= 4 is 23.3 Å². The highest BCUT2D eigenvalue weighted by molar-refractivity contribution is 5.96. The number of anilines is 1. The van der Waals surface area contributed by atoms with Crippen molar-refractivity contribution in [2.45, 2.75) is 20.8 Å². The molecule has 0 aliphatic heterocycles. The third kappa shape index (κ3) is 5.68. The molecule has 29 heavy (non-hydrogen) atoms. The Bertz CT molecular complexity index is 912. The van der Waals surface area contributed by atoms with Gasteiger partial charge in [0.1, 0.15) is 0 Å². The molecule has 2 aromatic rings. The Morgan fingerprint density at radius 3 is 2.41 bits per heavy atom. The molecule has 0 bridgehead atoms. The molecule has 0 radical (unpaired) electrons. The van der Waals surface area contributed by atoms with E-state index in [2.05, 4.69) is 5.32 Å². The van der Waals surface area contributed by atoms with Gasteiger partial charge in [-0.3, -0.25) is 14.9 Å². The first-order chi connectivity index (χ1) is 13.9. The zero-order valence-electron chi connectivity index (χ0n) is 16.4. The zero-order valence-corrected chi connectivity index (χ0v) is 16.4.